The van der Waals surface area contributed by atoms with Crippen LogP contribution in [0.4, 0.5) is 0 Å². The van der Waals surface area contributed by atoms with Gasteiger partial charge in [0.1, 0.15) is 6.26 Å². The van der Waals surface area contributed by atoms with Gasteiger partial charge in [-0.05, 0) is 40.2 Å². The molecule has 2 heterocycles. The van der Waals surface area contributed by atoms with E-state index in [2.05, 4.69) is 23.7 Å². The summed E-state index contributed by atoms with van der Waals surface area (Å²) in [6.07, 6.45) is 4.09. The Morgan fingerprint density at radius 3 is 2.82 bits per heavy atom. The van der Waals surface area contributed by atoms with Gasteiger partial charge in [-0.25, -0.2) is 4.98 Å². The third-order valence-corrected chi connectivity index (χ3v) is 3.54. The van der Waals surface area contributed by atoms with Crippen LogP contribution in [0.2, 0.25) is 0 Å². The van der Waals surface area contributed by atoms with Crippen LogP contribution in [0.5, 0.6) is 0 Å². The molecule has 4 nitrogen and oxygen atoms in total. The summed E-state index contributed by atoms with van der Waals surface area (Å²) in [7, 11) is 0. The van der Waals surface area contributed by atoms with Crippen molar-refractivity contribution in [3.05, 3.63) is 17.8 Å². The van der Waals surface area contributed by atoms with Gasteiger partial charge in [0, 0.05) is 24.5 Å². The topological polar surface area (TPSA) is 55.3 Å². The van der Waals surface area contributed by atoms with Gasteiger partial charge in [0.05, 0.1) is 5.69 Å². The fourth-order valence-electron chi connectivity index (χ4n) is 2.37. The van der Waals surface area contributed by atoms with E-state index in [4.69, 9.17) is 10.2 Å². The van der Waals surface area contributed by atoms with Crippen LogP contribution in [0, 0.1) is 0 Å². The van der Waals surface area contributed by atoms with E-state index in [1.54, 1.807) is 6.26 Å². The zero-order chi connectivity index (χ0) is 12.4. The van der Waals surface area contributed by atoms with E-state index >= 15 is 0 Å². The van der Waals surface area contributed by atoms with Crippen LogP contribution >= 0.6 is 0 Å². The second kappa shape index (κ2) is 5.19. The van der Waals surface area contributed by atoms with E-state index in [1.807, 2.05) is 6.92 Å². The lowest BCUT2D eigenvalue weighted by Gasteiger charge is -2.34. The highest BCUT2D eigenvalue weighted by Gasteiger charge is 2.26. The number of nitrogens with zero attached hydrogens (tertiary/aromatic N) is 2. The van der Waals surface area contributed by atoms with Gasteiger partial charge in [-0.2, -0.15) is 0 Å². The molecule has 2 rings (SSSR count). The first-order valence-electron chi connectivity index (χ1n) is 6.53. The van der Waals surface area contributed by atoms with Crippen molar-refractivity contribution in [1.29, 1.82) is 0 Å². The standard InChI is InChI=1S/C13H23N3O/c1-9(2)16-6-4-5-11(7-16)13-15-12(8-17-13)10(3)14/h8-11H,4-7,14H2,1-3H3. The largest absolute Gasteiger partial charge is 0.448 e. The molecular formula is C13H23N3O. The molecule has 2 unspecified atom stereocenters. The summed E-state index contributed by atoms with van der Waals surface area (Å²) in [5, 5.41) is 0. The van der Waals surface area contributed by atoms with Crippen LogP contribution in [0.25, 0.3) is 0 Å². The summed E-state index contributed by atoms with van der Waals surface area (Å²) < 4.78 is 5.58. The van der Waals surface area contributed by atoms with E-state index in [1.165, 1.54) is 19.4 Å². The predicted octanol–water partition coefficient (Wildman–Crippen LogP) is 2.28. The molecule has 1 saturated heterocycles. The fourth-order valence-corrected chi connectivity index (χ4v) is 2.37. The molecule has 0 saturated carbocycles. The molecule has 1 aliphatic rings. The van der Waals surface area contributed by atoms with Crippen LogP contribution in [0.15, 0.2) is 10.7 Å². The number of nitrogens with two attached hydrogens (primary N) is 1. The van der Waals surface area contributed by atoms with Gasteiger partial charge in [-0.3, -0.25) is 0 Å². The molecule has 0 aliphatic carbocycles. The highest BCUT2D eigenvalue weighted by molar-refractivity contribution is 5.05. The summed E-state index contributed by atoms with van der Waals surface area (Å²) in [6.45, 7) is 8.66. The van der Waals surface area contributed by atoms with E-state index < -0.39 is 0 Å². The van der Waals surface area contributed by atoms with E-state index in [-0.39, 0.29) is 6.04 Å². The Kier molecular flexibility index (Phi) is 3.84. The molecule has 4 heteroatoms. The maximum absolute atomic E-state index is 5.80. The van der Waals surface area contributed by atoms with Gasteiger partial charge >= 0.3 is 0 Å². The highest BCUT2D eigenvalue weighted by atomic mass is 16.3. The zero-order valence-corrected chi connectivity index (χ0v) is 11.0. The molecule has 0 bridgehead atoms. The van der Waals surface area contributed by atoms with Crippen molar-refractivity contribution in [2.45, 2.75) is 51.6 Å². The normalized spacial score (nSPS) is 24.2. The molecule has 96 valence electrons. The summed E-state index contributed by atoms with van der Waals surface area (Å²) in [5.74, 6) is 1.29. The third-order valence-electron chi connectivity index (χ3n) is 3.54. The molecule has 2 atom stereocenters. The minimum Gasteiger partial charge on any atom is -0.448 e. The van der Waals surface area contributed by atoms with Gasteiger partial charge in [-0.1, -0.05) is 0 Å². The lowest BCUT2D eigenvalue weighted by molar-refractivity contribution is 0.157. The van der Waals surface area contributed by atoms with E-state index in [9.17, 15) is 0 Å². The second-order valence-electron chi connectivity index (χ2n) is 5.33. The van der Waals surface area contributed by atoms with Gasteiger partial charge in [0.2, 0.25) is 0 Å². The Bertz CT molecular complexity index is 359. The van der Waals surface area contributed by atoms with Gasteiger partial charge < -0.3 is 15.1 Å². The van der Waals surface area contributed by atoms with Crippen LogP contribution in [0.1, 0.15) is 57.2 Å². The molecule has 0 amide bonds. The van der Waals surface area contributed by atoms with Crippen molar-refractivity contribution in [2.24, 2.45) is 5.73 Å². The molecule has 0 radical (unpaired) electrons. The average Bonchev–Trinajstić information content (AvgIpc) is 2.78. The number of hydrogen-bond donors (Lipinski definition) is 1. The Balaban J connectivity index is 2.05. The molecule has 0 aromatic carbocycles. The predicted molar refractivity (Wildman–Crippen MR) is 67.8 cm³/mol. The Hall–Kier alpha value is -0.870. The smallest absolute Gasteiger partial charge is 0.198 e. The minimum atomic E-state index is -0.0442. The van der Waals surface area contributed by atoms with Gasteiger partial charge in [-0.15, -0.1) is 0 Å². The van der Waals surface area contributed by atoms with Crippen LogP contribution in [0.3, 0.4) is 0 Å². The lowest BCUT2D eigenvalue weighted by Crippen LogP contribution is -2.39. The summed E-state index contributed by atoms with van der Waals surface area (Å²) >= 11 is 0. The lowest BCUT2D eigenvalue weighted by atomic mass is 9.97. The average molecular weight is 237 g/mol. The molecule has 1 aromatic rings. The van der Waals surface area contributed by atoms with Crippen molar-refractivity contribution < 1.29 is 4.42 Å². The van der Waals surface area contributed by atoms with Crippen molar-refractivity contribution in [1.82, 2.24) is 9.88 Å². The maximum Gasteiger partial charge on any atom is 0.198 e. The number of aromatic nitrogens is 1. The molecule has 0 spiro atoms. The quantitative estimate of drug-likeness (QED) is 0.876. The number of rotatable bonds is 3. The first kappa shape index (κ1) is 12.6. The Labute approximate surface area is 103 Å². The molecular weight excluding hydrogens is 214 g/mol. The van der Waals surface area contributed by atoms with Gasteiger partial charge in [0.15, 0.2) is 5.89 Å². The molecule has 1 aromatic heterocycles. The van der Waals surface area contributed by atoms with Crippen LogP contribution < -0.4 is 5.73 Å². The molecule has 1 fully saturated rings. The van der Waals surface area contributed by atoms with Crippen LogP contribution in [-0.4, -0.2) is 29.0 Å². The molecule has 1 aliphatic heterocycles. The number of oxazole rings is 1. The molecule has 17 heavy (non-hydrogen) atoms. The summed E-state index contributed by atoms with van der Waals surface area (Å²) in [5.41, 5.74) is 6.66. The number of piperidine rings is 1. The maximum atomic E-state index is 5.80. The third kappa shape index (κ3) is 2.87. The zero-order valence-electron chi connectivity index (χ0n) is 11.0. The highest BCUT2D eigenvalue weighted by Crippen LogP contribution is 2.28. The first-order valence-corrected chi connectivity index (χ1v) is 6.53. The first-order chi connectivity index (χ1) is 8.08. The fraction of sp³-hybridized carbons (Fsp3) is 0.769. The van der Waals surface area contributed by atoms with Gasteiger partial charge in [0.25, 0.3) is 0 Å². The Morgan fingerprint density at radius 2 is 2.24 bits per heavy atom. The van der Waals surface area contributed by atoms with E-state index in [0.717, 1.165) is 18.1 Å². The van der Waals surface area contributed by atoms with Crippen molar-refractivity contribution in [2.75, 3.05) is 13.1 Å². The van der Waals surface area contributed by atoms with Crippen molar-refractivity contribution >= 4 is 0 Å². The Morgan fingerprint density at radius 1 is 1.47 bits per heavy atom. The second-order valence-corrected chi connectivity index (χ2v) is 5.33. The minimum absolute atomic E-state index is 0.0442. The number of likely N-dealkylation sites (tertiary alicyclic amines) is 1. The summed E-state index contributed by atoms with van der Waals surface area (Å²) in [6, 6.07) is 0.554. The van der Waals surface area contributed by atoms with E-state index in [0.29, 0.717) is 12.0 Å². The molecule has 2 N–H and O–H groups in total. The monoisotopic (exact) mass is 237 g/mol. The number of hydrogen-bond acceptors (Lipinski definition) is 4. The SMILES string of the molecule is CC(N)c1coc(C2CCCN(C(C)C)C2)n1. The van der Waals surface area contributed by atoms with Crippen molar-refractivity contribution in [3.63, 3.8) is 0 Å². The summed E-state index contributed by atoms with van der Waals surface area (Å²) in [4.78, 5) is 7.00. The van der Waals surface area contributed by atoms with Crippen molar-refractivity contribution in [3.8, 4) is 0 Å². The van der Waals surface area contributed by atoms with Crippen LogP contribution in [-0.2, 0) is 0 Å².